The fourth-order valence-electron chi connectivity index (χ4n) is 1.63. The Kier molecular flexibility index (Phi) is 3.63. The van der Waals surface area contributed by atoms with Gasteiger partial charge in [0.1, 0.15) is 12.2 Å². The predicted molar refractivity (Wildman–Crippen MR) is 64.4 cm³/mol. The summed E-state index contributed by atoms with van der Waals surface area (Å²) in [5.41, 5.74) is 1.31. The van der Waals surface area contributed by atoms with Crippen LogP contribution in [-0.2, 0) is 9.53 Å². The van der Waals surface area contributed by atoms with Crippen molar-refractivity contribution in [2.45, 2.75) is 12.8 Å². The smallest absolute Gasteiger partial charge is 0.317 e. The van der Waals surface area contributed by atoms with E-state index >= 15 is 0 Å². The third-order valence-electron chi connectivity index (χ3n) is 2.56. The number of ketones is 1. The minimum atomic E-state index is -0.369. The summed E-state index contributed by atoms with van der Waals surface area (Å²) in [7, 11) is 1.32. The summed E-state index contributed by atoms with van der Waals surface area (Å²) >= 11 is 0. The molecule has 0 unspecified atom stereocenters. The molecule has 0 N–H and O–H groups in total. The van der Waals surface area contributed by atoms with Crippen molar-refractivity contribution in [3.05, 3.63) is 29.3 Å². The zero-order chi connectivity index (χ0) is 13.0. The van der Waals surface area contributed by atoms with Crippen LogP contribution in [-0.4, -0.2) is 25.5 Å². The fourth-order valence-corrected chi connectivity index (χ4v) is 1.63. The number of carbonyl (C=O) groups is 2. The summed E-state index contributed by atoms with van der Waals surface area (Å²) < 4.78 is 9.88. The maximum atomic E-state index is 11.6. The largest absolute Gasteiger partial charge is 0.492 e. The van der Waals surface area contributed by atoms with Crippen molar-refractivity contribution in [3.63, 3.8) is 0 Å². The lowest BCUT2D eigenvalue weighted by Crippen LogP contribution is -2.15. The second kappa shape index (κ2) is 5.37. The second-order valence-electron chi connectivity index (χ2n) is 3.79. The van der Waals surface area contributed by atoms with Crippen LogP contribution >= 0.6 is 0 Å². The lowest BCUT2D eigenvalue weighted by Gasteiger charge is -2.15. The number of benzene rings is 1. The van der Waals surface area contributed by atoms with Crippen molar-refractivity contribution >= 4 is 11.8 Å². The van der Waals surface area contributed by atoms with Crippen molar-refractivity contribution in [3.8, 4) is 17.6 Å². The summed E-state index contributed by atoms with van der Waals surface area (Å²) in [6, 6.07) is 5.17. The Morgan fingerprint density at radius 1 is 1.50 bits per heavy atom. The number of carbonyl (C=O) groups excluding carboxylic acids is 2. The van der Waals surface area contributed by atoms with E-state index in [1.807, 2.05) is 0 Å². The lowest BCUT2D eigenvalue weighted by atomic mass is 10.0. The first kappa shape index (κ1) is 12.2. The van der Waals surface area contributed by atoms with Crippen molar-refractivity contribution < 1.29 is 19.1 Å². The second-order valence-corrected chi connectivity index (χ2v) is 3.79. The van der Waals surface area contributed by atoms with Gasteiger partial charge in [-0.05, 0) is 18.2 Å². The van der Waals surface area contributed by atoms with E-state index in [1.165, 1.54) is 7.11 Å². The van der Waals surface area contributed by atoms with Crippen molar-refractivity contribution in [1.29, 1.82) is 0 Å². The molecule has 0 spiro atoms. The molecule has 0 aromatic heterocycles. The van der Waals surface area contributed by atoms with Crippen LogP contribution < -0.4 is 4.74 Å². The lowest BCUT2D eigenvalue weighted by molar-refractivity contribution is -0.139. The SMILES string of the molecule is COC(=O)CC#Cc1ccc2c(c1)OCCC2=O. The van der Waals surface area contributed by atoms with Gasteiger partial charge in [0.05, 0.1) is 19.3 Å². The van der Waals surface area contributed by atoms with E-state index in [9.17, 15) is 9.59 Å². The molecule has 0 bridgehead atoms. The van der Waals surface area contributed by atoms with Crippen LogP contribution in [0.1, 0.15) is 28.8 Å². The molecule has 0 saturated carbocycles. The first-order valence-electron chi connectivity index (χ1n) is 5.56. The molecule has 1 aliphatic rings. The van der Waals surface area contributed by atoms with Crippen LogP contribution in [0.4, 0.5) is 0 Å². The van der Waals surface area contributed by atoms with Crippen LogP contribution in [0, 0.1) is 11.8 Å². The Hall–Kier alpha value is -2.28. The van der Waals surface area contributed by atoms with Crippen LogP contribution in [0.2, 0.25) is 0 Å². The molecule has 0 aliphatic carbocycles. The number of methoxy groups -OCH3 is 1. The molecule has 0 atom stereocenters. The average molecular weight is 244 g/mol. The zero-order valence-electron chi connectivity index (χ0n) is 9.99. The topological polar surface area (TPSA) is 52.6 Å². The molecular formula is C14H12O4. The predicted octanol–water partition coefficient (Wildman–Crippen LogP) is 1.57. The molecule has 18 heavy (non-hydrogen) atoms. The molecule has 0 saturated heterocycles. The Morgan fingerprint density at radius 2 is 2.33 bits per heavy atom. The van der Waals surface area contributed by atoms with E-state index in [0.717, 1.165) is 0 Å². The van der Waals surface area contributed by atoms with Gasteiger partial charge in [-0.3, -0.25) is 9.59 Å². The van der Waals surface area contributed by atoms with Crippen LogP contribution in [0.3, 0.4) is 0 Å². The first-order chi connectivity index (χ1) is 8.70. The van der Waals surface area contributed by atoms with Gasteiger partial charge >= 0.3 is 5.97 Å². The van der Waals surface area contributed by atoms with Gasteiger partial charge in [0.25, 0.3) is 0 Å². The molecule has 4 heteroatoms. The van der Waals surface area contributed by atoms with Crippen molar-refractivity contribution in [1.82, 2.24) is 0 Å². The monoisotopic (exact) mass is 244 g/mol. The van der Waals surface area contributed by atoms with E-state index < -0.39 is 0 Å². The number of esters is 1. The van der Waals surface area contributed by atoms with E-state index in [4.69, 9.17) is 4.74 Å². The van der Waals surface area contributed by atoms with Gasteiger partial charge in [0.2, 0.25) is 0 Å². The maximum absolute atomic E-state index is 11.6. The third kappa shape index (κ3) is 2.69. The molecule has 0 fully saturated rings. The summed E-state index contributed by atoms with van der Waals surface area (Å²) in [4.78, 5) is 22.4. The highest BCUT2D eigenvalue weighted by molar-refractivity contribution is 5.99. The van der Waals surface area contributed by atoms with Gasteiger partial charge in [-0.1, -0.05) is 11.8 Å². The summed E-state index contributed by atoms with van der Waals surface area (Å²) in [5, 5.41) is 0. The summed E-state index contributed by atoms with van der Waals surface area (Å²) in [5.74, 6) is 5.82. The van der Waals surface area contributed by atoms with Gasteiger partial charge in [-0.15, -0.1) is 0 Å². The Balaban J connectivity index is 2.16. The standard InChI is InChI=1S/C14H12O4/c1-17-14(16)4-2-3-10-5-6-11-12(15)7-8-18-13(11)9-10/h5-6,9H,4,7-8H2,1H3. The quantitative estimate of drug-likeness (QED) is 0.555. The number of hydrogen-bond acceptors (Lipinski definition) is 4. The molecule has 0 radical (unpaired) electrons. The number of hydrogen-bond donors (Lipinski definition) is 0. The molecule has 0 amide bonds. The van der Waals surface area contributed by atoms with Gasteiger partial charge in [0, 0.05) is 12.0 Å². The first-order valence-corrected chi connectivity index (χ1v) is 5.56. The number of rotatable bonds is 1. The maximum Gasteiger partial charge on any atom is 0.317 e. The Morgan fingerprint density at radius 3 is 3.11 bits per heavy atom. The van der Waals surface area contributed by atoms with Crippen LogP contribution in [0.5, 0.6) is 5.75 Å². The number of fused-ring (bicyclic) bond motifs is 1. The number of Topliss-reactive ketones (excluding diaryl/α,β-unsaturated/α-hetero) is 1. The van der Waals surface area contributed by atoms with E-state index in [1.54, 1.807) is 18.2 Å². The van der Waals surface area contributed by atoms with E-state index in [-0.39, 0.29) is 18.2 Å². The minimum Gasteiger partial charge on any atom is -0.492 e. The zero-order valence-corrected chi connectivity index (χ0v) is 9.99. The highest BCUT2D eigenvalue weighted by atomic mass is 16.5. The third-order valence-corrected chi connectivity index (χ3v) is 2.56. The van der Waals surface area contributed by atoms with Gasteiger partial charge < -0.3 is 9.47 Å². The van der Waals surface area contributed by atoms with E-state index in [2.05, 4.69) is 16.6 Å². The average Bonchev–Trinajstić information content (AvgIpc) is 2.38. The normalized spacial score (nSPS) is 12.8. The molecular weight excluding hydrogens is 232 g/mol. The molecule has 1 aromatic rings. The fraction of sp³-hybridized carbons (Fsp3) is 0.286. The highest BCUT2D eigenvalue weighted by Gasteiger charge is 2.17. The van der Waals surface area contributed by atoms with Crippen LogP contribution in [0.25, 0.3) is 0 Å². The molecule has 1 aromatic carbocycles. The molecule has 2 rings (SSSR count). The van der Waals surface area contributed by atoms with Gasteiger partial charge in [0.15, 0.2) is 5.78 Å². The van der Waals surface area contributed by atoms with Crippen molar-refractivity contribution in [2.24, 2.45) is 0 Å². The number of ether oxygens (including phenoxy) is 2. The Labute approximate surface area is 105 Å². The summed E-state index contributed by atoms with van der Waals surface area (Å²) in [6.07, 6.45) is 0.466. The molecule has 1 aliphatic heterocycles. The molecule has 92 valence electrons. The van der Waals surface area contributed by atoms with Crippen molar-refractivity contribution in [2.75, 3.05) is 13.7 Å². The minimum absolute atomic E-state index is 0.0490. The summed E-state index contributed by atoms with van der Waals surface area (Å²) in [6.45, 7) is 0.408. The van der Waals surface area contributed by atoms with Gasteiger partial charge in [-0.2, -0.15) is 0 Å². The molecule has 1 heterocycles. The van der Waals surface area contributed by atoms with Crippen LogP contribution in [0.15, 0.2) is 18.2 Å². The highest BCUT2D eigenvalue weighted by Crippen LogP contribution is 2.25. The van der Waals surface area contributed by atoms with E-state index in [0.29, 0.717) is 29.9 Å². The Bertz CT molecular complexity index is 549. The molecule has 4 nitrogen and oxygen atoms in total. The van der Waals surface area contributed by atoms with Gasteiger partial charge in [-0.25, -0.2) is 0 Å².